The van der Waals surface area contributed by atoms with Crippen LogP contribution in [0, 0.1) is 5.92 Å². The third-order valence-electron chi connectivity index (χ3n) is 3.30. The summed E-state index contributed by atoms with van der Waals surface area (Å²) < 4.78 is 22.3. The fourth-order valence-electron chi connectivity index (χ4n) is 2.18. The van der Waals surface area contributed by atoms with Crippen LogP contribution in [0.1, 0.15) is 33.6 Å². The van der Waals surface area contributed by atoms with Crippen molar-refractivity contribution in [2.24, 2.45) is 11.1 Å². The van der Waals surface area contributed by atoms with E-state index in [0.717, 1.165) is 12.8 Å². The number of rotatable bonds is 5. The lowest BCUT2D eigenvalue weighted by atomic mass is 9.85. The first kappa shape index (κ1) is 14.3. The summed E-state index contributed by atoms with van der Waals surface area (Å²) in [7, 11) is 0. The molecule has 96 valence electrons. The molecule has 1 heterocycles. The fraction of sp³-hybridized carbons (Fsp3) is 1.00. The zero-order valence-corrected chi connectivity index (χ0v) is 11.2. The molecule has 3 unspecified atom stereocenters. The average molecular weight is 249 g/mol. The van der Waals surface area contributed by atoms with Crippen molar-refractivity contribution in [3.05, 3.63) is 0 Å². The van der Waals surface area contributed by atoms with Crippen LogP contribution in [0.4, 0.5) is 0 Å². The van der Waals surface area contributed by atoms with E-state index in [1.807, 2.05) is 13.8 Å². The molecule has 3 atom stereocenters. The molecule has 0 amide bonds. The van der Waals surface area contributed by atoms with Crippen molar-refractivity contribution in [3.63, 3.8) is 0 Å². The van der Waals surface area contributed by atoms with E-state index in [-0.39, 0.29) is 12.0 Å². The lowest BCUT2D eigenvalue weighted by Gasteiger charge is -2.39. The maximum Gasteiger partial charge on any atom is 0.144 e. The SMILES string of the molecule is CCCC(C1COCCO1)C(C)(C)[S+](N)[O-]. The van der Waals surface area contributed by atoms with E-state index in [4.69, 9.17) is 14.6 Å². The third kappa shape index (κ3) is 3.34. The van der Waals surface area contributed by atoms with Crippen LogP contribution in [-0.2, 0) is 20.8 Å². The van der Waals surface area contributed by atoms with Gasteiger partial charge >= 0.3 is 0 Å². The first-order valence-corrected chi connectivity index (χ1v) is 7.07. The largest absolute Gasteiger partial charge is 0.598 e. The summed E-state index contributed by atoms with van der Waals surface area (Å²) in [6.45, 7) is 7.87. The standard InChI is InChI=1S/C11H23NO3S/c1-4-5-9(11(2,3)16(12)13)10-8-14-6-7-15-10/h9-10H,4-8,12H2,1-3H3. The molecule has 0 aromatic carbocycles. The highest BCUT2D eigenvalue weighted by atomic mass is 32.2. The first-order valence-electron chi connectivity index (χ1n) is 5.85. The highest BCUT2D eigenvalue weighted by Gasteiger charge is 2.44. The molecule has 0 radical (unpaired) electrons. The summed E-state index contributed by atoms with van der Waals surface area (Å²) in [5.41, 5.74) is 0. The van der Waals surface area contributed by atoms with Crippen LogP contribution in [0.5, 0.6) is 0 Å². The first-order chi connectivity index (χ1) is 7.50. The minimum Gasteiger partial charge on any atom is -0.598 e. The molecule has 0 bridgehead atoms. The van der Waals surface area contributed by atoms with Gasteiger partial charge in [0.15, 0.2) is 0 Å². The zero-order chi connectivity index (χ0) is 12.2. The molecule has 0 aromatic rings. The van der Waals surface area contributed by atoms with Crippen molar-refractivity contribution >= 4 is 11.4 Å². The Morgan fingerprint density at radius 2 is 2.19 bits per heavy atom. The Hall–Kier alpha value is 0.190. The van der Waals surface area contributed by atoms with Crippen molar-refractivity contribution in [1.29, 1.82) is 0 Å². The van der Waals surface area contributed by atoms with Crippen LogP contribution in [0.2, 0.25) is 0 Å². The minimum absolute atomic E-state index is 0.0243. The van der Waals surface area contributed by atoms with Crippen molar-refractivity contribution < 1.29 is 14.0 Å². The van der Waals surface area contributed by atoms with E-state index >= 15 is 0 Å². The van der Waals surface area contributed by atoms with Crippen molar-refractivity contribution in [2.75, 3.05) is 19.8 Å². The molecular weight excluding hydrogens is 226 g/mol. The zero-order valence-electron chi connectivity index (χ0n) is 10.4. The van der Waals surface area contributed by atoms with Crippen LogP contribution in [0.15, 0.2) is 0 Å². The molecule has 1 rings (SSSR count). The molecule has 5 heteroatoms. The molecule has 0 aromatic heterocycles. The minimum atomic E-state index is -1.34. The second-order valence-electron chi connectivity index (χ2n) is 4.78. The number of nitrogens with two attached hydrogens (primary N) is 1. The Kier molecular flexibility index (Phi) is 5.53. The van der Waals surface area contributed by atoms with E-state index < -0.39 is 16.1 Å². The van der Waals surface area contributed by atoms with Gasteiger partial charge in [0.05, 0.1) is 25.9 Å². The van der Waals surface area contributed by atoms with Gasteiger partial charge in [-0.2, -0.15) is 5.14 Å². The van der Waals surface area contributed by atoms with Crippen molar-refractivity contribution in [3.8, 4) is 0 Å². The van der Waals surface area contributed by atoms with E-state index in [9.17, 15) is 4.55 Å². The maximum atomic E-state index is 11.6. The molecule has 2 N–H and O–H groups in total. The summed E-state index contributed by atoms with van der Waals surface area (Å²) in [6, 6.07) is 0. The molecule has 4 nitrogen and oxygen atoms in total. The molecule has 1 saturated heterocycles. The van der Waals surface area contributed by atoms with Crippen molar-refractivity contribution in [1.82, 2.24) is 0 Å². The average Bonchev–Trinajstić information content (AvgIpc) is 2.26. The second-order valence-corrected chi connectivity index (χ2v) is 6.43. The molecule has 16 heavy (non-hydrogen) atoms. The molecular formula is C11H23NO3S. The second kappa shape index (κ2) is 6.21. The van der Waals surface area contributed by atoms with Gasteiger partial charge in [-0.3, -0.25) is 0 Å². The normalized spacial score (nSPS) is 26.4. The maximum absolute atomic E-state index is 11.6. The lowest BCUT2D eigenvalue weighted by Crippen LogP contribution is -2.51. The summed E-state index contributed by atoms with van der Waals surface area (Å²) in [6.07, 6.45) is 2.02. The lowest BCUT2D eigenvalue weighted by molar-refractivity contribution is -0.117. The highest BCUT2D eigenvalue weighted by Crippen LogP contribution is 2.33. The van der Waals surface area contributed by atoms with Crippen LogP contribution in [-0.4, -0.2) is 35.2 Å². The molecule has 1 aliphatic heterocycles. The molecule has 1 aliphatic rings. The Balaban J connectivity index is 2.71. The van der Waals surface area contributed by atoms with Crippen LogP contribution < -0.4 is 5.14 Å². The predicted octanol–water partition coefficient (Wildman–Crippen LogP) is 1.22. The number of hydrogen-bond acceptors (Lipinski definition) is 4. The predicted molar refractivity (Wildman–Crippen MR) is 65.4 cm³/mol. The van der Waals surface area contributed by atoms with Gasteiger partial charge in [0, 0.05) is 17.3 Å². The topological polar surface area (TPSA) is 67.5 Å². The van der Waals surface area contributed by atoms with E-state index in [1.54, 1.807) is 0 Å². The Morgan fingerprint density at radius 1 is 1.50 bits per heavy atom. The highest BCUT2D eigenvalue weighted by molar-refractivity contribution is 7.90. The van der Waals surface area contributed by atoms with Crippen LogP contribution in [0.25, 0.3) is 0 Å². The van der Waals surface area contributed by atoms with E-state index in [2.05, 4.69) is 6.92 Å². The Labute approximate surface area is 101 Å². The molecule has 0 saturated carbocycles. The smallest absolute Gasteiger partial charge is 0.144 e. The molecule has 1 fully saturated rings. The summed E-state index contributed by atoms with van der Waals surface area (Å²) >= 11 is -1.34. The Morgan fingerprint density at radius 3 is 2.62 bits per heavy atom. The third-order valence-corrected chi connectivity index (χ3v) is 4.64. The molecule has 0 aliphatic carbocycles. The number of ether oxygens (including phenoxy) is 2. The van der Waals surface area contributed by atoms with Gasteiger partial charge in [-0.1, -0.05) is 13.3 Å². The van der Waals surface area contributed by atoms with Gasteiger partial charge in [0.1, 0.15) is 4.75 Å². The summed E-state index contributed by atoms with van der Waals surface area (Å²) in [5.74, 6) is 0.184. The summed E-state index contributed by atoms with van der Waals surface area (Å²) in [4.78, 5) is 0. The van der Waals surface area contributed by atoms with E-state index in [1.165, 1.54) is 0 Å². The quantitative estimate of drug-likeness (QED) is 0.744. The molecule has 0 spiro atoms. The van der Waals surface area contributed by atoms with Gasteiger partial charge in [-0.15, -0.1) is 0 Å². The van der Waals surface area contributed by atoms with Gasteiger partial charge in [-0.25, -0.2) is 0 Å². The monoisotopic (exact) mass is 249 g/mol. The number of hydrogen-bond donors (Lipinski definition) is 1. The van der Waals surface area contributed by atoms with Gasteiger partial charge < -0.3 is 14.0 Å². The van der Waals surface area contributed by atoms with Gasteiger partial charge in [0.2, 0.25) is 0 Å². The fourth-order valence-corrected chi connectivity index (χ4v) is 2.75. The Bertz CT molecular complexity index is 205. The summed E-state index contributed by atoms with van der Waals surface area (Å²) in [5, 5.41) is 5.58. The van der Waals surface area contributed by atoms with Crippen LogP contribution >= 0.6 is 0 Å². The van der Waals surface area contributed by atoms with Crippen molar-refractivity contribution in [2.45, 2.75) is 44.5 Å². The van der Waals surface area contributed by atoms with Gasteiger partial charge in [0.25, 0.3) is 0 Å². The van der Waals surface area contributed by atoms with E-state index in [0.29, 0.717) is 19.8 Å². The van der Waals surface area contributed by atoms with Crippen LogP contribution in [0.3, 0.4) is 0 Å². The van der Waals surface area contributed by atoms with Gasteiger partial charge in [-0.05, 0) is 20.3 Å².